The number of aromatic hydroxyl groups is 1. The molecule has 176 valence electrons. The van der Waals surface area contributed by atoms with Gasteiger partial charge in [-0.1, -0.05) is 54.6 Å². The predicted molar refractivity (Wildman–Crippen MR) is 133 cm³/mol. The topological polar surface area (TPSA) is 69.6 Å². The quantitative estimate of drug-likeness (QED) is 0.465. The van der Waals surface area contributed by atoms with Gasteiger partial charge >= 0.3 is 0 Å². The lowest BCUT2D eigenvalue weighted by Crippen LogP contribution is -2.38. The molecule has 1 aliphatic heterocycles. The fraction of sp³-hybridized carbons (Fsp3) is 0.440. The Morgan fingerprint density at radius 1 is 1.06 bits per heavy atom. The van der Waals surface area contributed by atoms with Crippen molar-refractivity contribution in [3.8, 4) is 5.75 Å². The molecule has 0 spiro atoms. The van der Waals surface area contributed by atoms with Gasteiger partial charge in [0, 0.05) is 35.3 Å². The Morgan fingerprint density at radius 2 is 1.82 bits per heavy atom. The third-order valence-corrected chi connectivity index (χ3v) is 9.91. The molecule has 2 aliphatic carbocycles. The van der Waals surface area contributed by atoms with Crippen LogP contribution in [-0.2, 0) is 10.0 Å². The smallest absolute Gasteiger partial charge is 0.243 e. The monoisotopic (exact) mass is 506 g/mol. The predicted octanol–water partition coefficient (Wildman–Crippen LogP) is 6.48. The van der Waals surface area contributed by atoms with Gasteiger partial charge in [0.05, 0.1) is 16.0 Å². The number of hydrogen-bond acceptors (Lipinski definition) is 4. The van der Waals surface area contributed by atoms with Crippen molar-refractivity contribution in [1.29, 1.82) is 0 Å². The number of benzene rings is 2. The summed E-state index contributed by atoms with van der Waals surface area (Å²) in [5, 5.41) is 14.9. The van der Waals surface area contributed by atoms with Crippen LogP contribution in [0.5, 0.6) is 5.75 Å². The molecule has 5 nitrogen and oxygen atoms in total. The lowest BCUT2D eigenvalue weighted by atomic mass is 9.77. The summed E-state index contributed by atoms with van der Waals surface area (Å²) in [6, 6.07) is 8.50. The van der Waals surface area contributed by atoms with Crippen molar-refractivity contribution in [3.63, 3.8) is 0 Å². The third-order valence-electron chi connectivity index (χ3n) is 7.49. The van der Waals surface area contributed by atoms with Crippen LogP contribution >= 0.6 is 23.2 Å². The van der Waals surface area contributed by atoms with Crippen LogP contribution in [0.3, 0.4) is 0 Å². The molecule has 2 aromatic carbocycles. The SMILES string of the molecule is CN(C1CCCCC1)S(=O)(=O)c1ccc2c(c1)C1C=CCC1C(c1cc(Cl)cc(Cl)c1O)N2. The molecule has 3 aliphatic rings. The summed E-state index contributed by atoms with van der Waals surface area (Å²) in [5.41, 5.74) is 2.49. The van der Waals surface area contributed by atoms with Crippen molar-refractivity contribution >= 4 is 38.9 Å². The molecular formula is C25H28Cl2N2O3S. The highest BCUT2D eigenvalue weighted by Crippen LogP contribution is 2.52. The van der Waals surface area contributed by atoms with Gasteiger partial charge in [0.2, 0.25) is 10.0 Å². The number of halogens is 2. The fourth-order valence-electron chi connectivity index (χ4n) is 5.67. The number of phenols is 1. The van der Waals surface area contributed by atoms with E-state index in [1.54, 1.807) is 23.5 Å². The minimum Gasteiger partial charge on any atom is -0.506 e. The second-order valence-electron chi connectivity index (χ2n) is 9.36. The normalized spacial score (nSPS) is 25.0. The van der Waals surface area contributed by atoms with Crippen molar-refractivity contribution in [2.45, 2.75) is 61.4 Å². The molecule has 5 rings (SSSR count). The molecule has 0 bridgehead atoms. The molecule has 2 N–H and O–H groups in total. The van der Waals surface area contributed by atoms with Crippen molar-refractivity contribution in [1.82, 2.24) is 4.31 Å². The van der Waals surface area contributed by atoms with Crippen LogP contribution in [0.15, 0.2) is 47.4 Å². The number of nitrogens with zero attached hydrogens (tertiary/aromatic N) is 1. The Morgan fingerprint density at radius 3 is 2.58 bits per heavy atom. The first-order valence-electron chi connectivity index (χ1n) is 11.5. The lowest BCUT2D eigenvalue weighted by Gasteiger charge is -2.38. The van der Waals surface area contributed by atoms with Crippen LogP contribution in [0.1, 0.15) is 61.6 Å². The molecule has 0 radical (unpaired) electrons. The summed E-state index contributed by atoms with van der Waals surface area (Å²) in [4.78, 5) is 0.335. The molecule has 0 amide bonds. The summed E-state index contributed by atoms with van der Waals surface area (Å²) in [5.74, 6) is 0.187. The number of rotatable bonds is 4. The zero-order chi connectivity index (χ0) is 23.3. The third kappa shape index (κ3) is 4.05. The molecule has 1 heterocycles. The van der Waals surface area contributed by atoms with Gasteiger partial charge in [-0.05, 0) is 61.1 Å². The molecule has 1 fully saturated rings. The van der Waals surface area contributed by atoms with E-state index in [-0.39, 0.29) is 34.7 Å². The fourth-order valence-corrected chi connectivity index (χ4v) is 7.63. The van der Waals surface area contributed by atoms with Gasteiger partial charge in [-0.3, -0.25) is 0 Å². The summed E-state index contributed by atoms with van der Waals surface area (Å²) < 4.78 is 28.5. The Balaban J connectivity index is 1.51. The average molecular weight is 507 g/mol. The number of sulfonamides is 1. The first kappa shape index (κ1) is 23.0. The van der Waals surface area contributed by atoms with Crippen molar-refractivity contribution in [3.05, 3.63) is 63.7 Å². The molecule has 3 unspecified atom stereocenters. The van der Waals surface area contributed by atoms with Crippen molar-refractivity contribution < 1.29 is 13.5 Å². The highest BCUT2D eigenvalue weighted by atomic mass is 35.5. The minimum atomic E-state index is -3.58. The number of hydrogen-bond donors (Lipinski definition) is 2. The van der Waals surface area contributed by atoms with E-state index in [9.17, 15) is 13.5 Å². The second-order valence-corrected chi connectivity index (χ2v) is 12.2. The van der Waals surface area contributed by atoms with Gasteiger partial charge in [0.15, 0.2) is 0 Å². The number of phenolic OH excluding ortho intramolecular Hbond substituents is 1. The zero-order valence-electron chi connectivity index (χ0n) is 18.5. The number of nitrogens with one attached hydrogen (secondary N) is 1. The van der Waals surface area contributed by atoms with Crippen LogP contribution in [0, 0.1) is 5.92 Å². The number of fused-ring (bicyclic) bond motifs is 3. The molecule has 1 saturated carbocycles. The van der Waals surface area contributed by atoms with Gasteiger partial charge in [0.25, 0.3) is 0 Å². The van der Waals surface area contributed by atoms with Gasteiger partial charge in [-0.2, -0.15) is 4.31 Å². The van der Waals surface area contributed by atoms with Gasteiger partial charge in [-0.25, -0.2) is 8.42 Å². The molecule has 3 atom stereocenters. The molecule has 0 aromatic heterocycles. The van der Waals surface area contributed by atoms with Gasteiger partial charge in [0.1, 0.15) is 5.75 Å². The maximum Gasteiger partial charge on any atom is 0.243 e. The van der Waals surface area contributed by atoms with E-state index in [0.29, 0.717) is 15.5 Å². The molecule has 0 saturated heterocycles. The first-order valence-corrected chi connectivity index (χ1v) is 13.7. The Labute approximate surface area is 205 Å². The molecular weight excluding hydrogens is 479 g/mol. The highest BCUT2D eigenvalue weighted by molar-refractivity contribution is 7.89. The molecule has 33 heavy (non-hydrogen) atoms. The summed E-state index contributed by atoms with van der Waals surface area (Å²) in [6.45, 7) is 0. The zero-order valence-corrected chi connectivity index (χ0v) is 20.8. The van der Waals surface area contributed by atoms with Crippen molar-refractivity contribution in [2.24, 2.45) is 5.92 Å². The molecule has 2 aromatic rings. The minimum absolute atomic E-state index is 0.0287. The van der Waals surface area contributed by atoms with Crippen LogP contribution in [-0.4, -0.2) is 30.9 Å². The van der Waals surface area contributed by atoms with Gasteiger partial charge in [-0.15, -0.1) is 0 Å². The van der Waals surface area contributed by atoms with E-state index in [0.717, 1.165) is 43.4 Å². The number of allylic oxidation sites excluding steroid dienone is 2. The lowest BCUT2D eigenvalue weighted by molar-refractivity contribution is 0.286. The Bertz CT molecular complexity index is 1210. The van der Waals surface area contributed by atoms with Crippen LogP contribution in [0.2, 0.25) is 10.0 Å². The van der Waals surface area contributed by atoms with E-state index in [4.69, 9.17) is 23.2 Å². The standard InChI is InChI=1S/C25H28Cl2N2O3S/c1-29(16-6-3-2-4-7-16)33(31,32)17-10-11-23-20(14-17)18-8-5-9-19(18)24(28-23)21-12-15(26)13-22(27)25(21)30/h5,8,10-14,16,18-19,24,28,30H,2-4,6-7,9H2,1H3. The van der Waals surface area contributed by atoms with Crippen LogP contribution in [0.4, 0.5) is 5.69 Å². The average Bonchev–Trinajstić information content (AvgIpc) is 3.31. The largest absolute Gasteiger partial charge is 0.506 e. The second kappa shape index (κ2) is 8.81. The number of anilines is 1. The van der Waals surface area contributed by atoms with Gasteiger partial charge < -0.3 is 10.4 Å². The highest BCUT2D eigenvalue weighted by Gasteiger charge is 2.40. The van der Waals surface area contributed by atoms with E-state index >= 15 is 0 Å². The van der Waals surface area contributed by atoms with E-state index in [1.807, 2.05) is 12.1 Å². The maximum atomic E-state index is 13.4. The summed E-state index contributed by atoms with van der Waals surface area (Å²) in [6.07, 6.45) is 10.2. The van der Waals surface area contributed by atoms with Crippen molar-refractivity contribution in [2.75, 3.05) is 12.4 Å². The van der Waals surface area contributed by atoms with Crippen LogP contribution < -0.4 is 5.32 Å². The van der Waals surface area contributed by atoms with E-state index in [2.05, 4.69) is 17.5 Å². The Hall–Kier alpha value is -1.73. The van der Waals surface area contributed by atoms with E-state index in [1.165, 1.54) is 12.5 Å². The van der Waals surface area contributed by atoms with E-state index < -0.39 is 10.0 Å². The Kier molecular flexibility index (Phi) is 6.15. The maximum absolute atomic E-state index is 13.4. The first-order chi connectivity index (χ1) is 15.8. The summed E-state index contributed by atoms with van der Waals surface area (Å²) >= 11 is 12.4. The summed E-state index contributed by atoms with van der Waals surface area (Å²) in [7, 11) is -1.87. The van der Waals surface area contributed by atoms with Crippen LogP contribution in [0.25, 0.3) is 0 Å². The molecule has 8 heteroatoms.